The summed E-state index contributed by atoms with van der Waals surface area (Å²) >= 11 is 0. The maximum atomic E-state index is 10.4. The van der Waals surface area contributed by atoms with Gasteiger partial charge < -0.3 is 9.90 Å². The Labute approximate surface area is 103 Å². The number of aromatic nitrogens is 2. The Kier molecular flexibility index (Phi) is 3.69. The van der Waals surface area contributed by atoms with Gasteiger partial charge in [0.25, 0.3) is 0 Å². The van der Waals surface area contributed by atoms with Crippen molar-refractivity contribution in [2.24, 2.45) is 0 Å². The van der Waals surface area contributed by atoms with Crippen molar-refractivity contribution < 1.29 is 39.5 Å². The van der Waals surface area contributed by atoms with Gasteiger partial charge in [-0.05, 0) is 6.07 Å². The van der Waals surface area contributed by atoms with E-state index in [1.807, 2.05) is 24.3 Å². The summed E-state index contributed by atoms with van der Waals surface area (Å²) in [5.74, 6) is -1.10. The molecular weight excluding hydrogens is 191 g/mol. The van der Waals surface area contributed by atoms with Crippen LogP contribution in [0.4, 0.5) is 0 Å². The fourth-order valence-electron chi connectivity index (χ4n) is 1.29. The number of carbonyl (C=O) groups excluding carboxylic acids is 1. The monoisotopic (exact) mass is 198 g/mol. The van der Waals surface area contributed by atoms with Gasteiger partial charge in [0.1, 0.15) is 0 Å². The molecule has 1 aromatic carbocycles. The Morgan fingerprint density at radius 2 is 2.14 bits per heavy atom. The Hall–Kier alpha value is -0.840. The summed E-state index contributed by atoms with van der Waals surface area (Å²) in [6.45, 7) is 0. The number of nitrogens with zero attached hydrogens (tertiary/aromatic N) is 1. The van der Waals surface area contributed by atoms with Crippen LogP contribution < -0.4 is 34.7 Å². The summed E-state index contributed by atoms with van der Waals surface area (Å²) in [4.78, 5) is 10.4. The van der Waals surface area contributed by atoms with Crippen LogP contribution in [0.25, 0.3) is 10.9 Å². The van der Waals surface area contributed by atoms with Crippen LogP contribution in [0, 0.1) is 0 Å². The quantitative estimate of drug-likeness (QED) is 0.518. The summed E-state index contributed by atoms with van der Waals surface area (Å²) in [7, 11) is 0. The molecule has 5 heteroatoms. The van der Waals surface area contributed by atoms with E-state index in [2.05, 4.69) is 10.2 Å². The third-order valence-electron chi connectivity index (χ3n) is 1.86. The number of hydrogen-bond donors (Lipinski definition) is 1. The van der Waals surface area contributed by atoms with Gasteiger partial charge in [0.2, 0.25) is 0 Å². The predicted octanol–water partition coefficient (Wildman–Crippen LogP) is -3.14. The van der Waals surface area contributed by atoms with E-state index in [4.69, 9.17) is 0 Å². The van der Waals surface area contributed by atoms with Crippen molar-refractivity contribution in [2.75, 3.05) is 0 Å². The molecule has 0 aliphatic heterocycles. The molecule has 1 N–H and O–H groups in total. The van der Waals surface area contributed by atoms with Crippen LogP contribution >= 0.6 is 0 Å². The Morgan fingerprint density at radius 3 is 2.86 bits per heavy atom. The average Bonchev–Trinajstić information content (AvgIpc) is 2.48. The molecule has 66 valence electrons. The number of hydrogen-bond acceptors (Lipinski definition) is 3. The number of carboxylic acids is 1. The van der Waals surface area contributed by atoms with Crippen molar-refractivity contribution >= 4 is 16.9 Å². The van der Waals surface area contributed by atoms with Crippen molar-refractivity contribution in [3.63, 3.8) is 0 Å². The van der Waals surface area contributed by atoms with Crippen molar-refractivity contribution in [3.8, 4) is 0 Å². The minimum Gasteiger partial charge on any atom is -0.550 e. The molecule has 2 aromatic rings. The topological polar surface area (TPSA) is 68.8 Å². The number of nitrogens with one attached hydrogen (secondary N) is 1. The standard InChI is InChI=1S/C9H8N2O2.Na/c12-9(13)5-8-6-3-1-2-4-7(6)10-11-8;/h1-4H,5H2,(H,10,11)(H,12,13);/q;+1/p-1. The molecule has 2 rings (SSSR count). The van der Waals surface area contributed by atoms with E-state index >= 15 is 0 Å². The summed E-state index contributed by atoms with van der Waals surface area (Å²) in [5, 5.41) is 17.8. The second-order valence-electron chi connectivity index (χ2n) is 2.77. The van der Waals surface area contributed by atoms with E-state index in [-0.39, 0.29) is 36.0 Å². The molecule has 0 bridgehead atoms. The molecule has 1 aromatic heterocycles. The van der Waals surface area contributed by atoms with E-state index in [9.17, 15) is 9.90 Å². The van der Waals surface area contributed by atoms with Crippen molar-refractivity contribution in [1.82, 2.24) is 10.2 Å². The van der Waals surface area contributed by atoms with Crippen LogP contribution in [0.1, 0.15) is 5.69 Å². The van der Waals surface area contributed by atoms with Gasteiger partial charge in [-0.25, -0.2) is 0 Å². The number of rotatable bonds is 2. The zero-order chi connectivity index (χ0) is 9.26. The molecular formula is C9H7N2NaO2. The number of para-hydroxylation sites is 1. The molecule has 0 unspecified atom stereocenters. The second-order valence-corrected chi connectivity index (χ2v) is 2.77. The van der Waals surface area contributed by atoms with Gasteiger partial charge in [-0.3, -0.25) is 5.10 Å². The van der Waals surface area contributed by atoms with Crippen LogP contribution in [0.3, 0.4) is 0 Å². The SMILES string of the molecule is O=C([O-])Cc1[nH]nc2ccccc12.[Na+]. The van der Waals surface area contributed by atoms with E-state index in [1.54, 1.807) is 0 Å². The van der Waals surface area contributed by atoms with E-state index in [0.29, 0.717) is 5.69 Å². The first-order chi connectivity index (χ1) is 6.27. The molecule has 0 saturated carbocycles. The normalized spacial score (nSPS) is 9.71. The number of aromatic amines is 1. The fourth-order valence-corrected chi connectivity index (χ4v) is 1.29. The van der Waals surface area contributed by atoms with Crippen LogP contribution in [-0.2, 0) is 11.2 Å². The molecule has 4 nitrogen and oxygen atoms in total. The van der Waals surface area contributed by atoms with Gasteiger partial charge in [0.05, 0.1) is 5.52 Å². The first kappa shape index (κ1) is 11.2. The average molecular weight is 198 g/mol. The van der Waals surface area contributed by atoms with Crippen LogP contribution in [0.2, 0.25) is 0 Å². The molecule has 0 radical (unpaired) electrons. The molecule has 1 heterocycles. The number of fused-ring (bicyclic) bond motifs is 1. The van der Waals surface area contributed by atoms with E-state index in [0.717, 1.165) is 10.9 Å². The fraction of sp³-hybridized carbons (Fsp3) is 0.111. The van der Waals surface area contributed by atoms with Crippen molar-refractivity contribution in [3.05, 3.63) is 30.0 Å². The zero-order valence-electron chi connectivity index (χ0n) is 7.78. The van der Waals surface area contributed by atoms with Crippen LogP contribution in [0.5, 0.6) is 0 Å². The van der Waals surface area contributed by atoms with Gasteiger partial charge in [-0.2, -0.15) is 5.10 Å². The minimum atomic E-state index is -1.10. The van der Waals surface area contributed by atoms with Crippen LogP contribution in [-0.4, -0.2) is 16.2 Å². The smallest absolute Gasteiger partial charge is 0.550 e. The molecule has 0 atom stereocenters. The van der Waals surface area contributed by atoms with Crippen molar-refractivity contribution in [2.45, 2.75) is 6.42 Å². The molecule has 0 aliphatic carbocycles. The Morgan fingerprint density at radius 1 is 1.43 bits per heavy atom. The molecule has 0 fully saturated rings. The van der Waals surface area contributed by atoms with Crippen molar-refractivity contribution in [1.29, 1.82) is 0 Å². The maximum absolute atomic E-state index is 10.4. The number of H-pyrrole nitrogens is 1. The molecule has 14 heavy (non-hydrogen) atoms. The molecule has 0 amide bonds. The summed E-state index contributed by atoms with van der Waals surface area (Å²) in [6, 6.07) is 7.35. The summed E-state index contributed by atoms with van der Waals surface area (Å²) in [5.41, 5.74) is 1.37. The first-order valence-electron chi connectivity index (χ1n) is 3.89. The zero-order valence-corrected chi connectivity index (χ0v) is 9.78. The van der Waals surface area contributed by atoms with Gasteiger partial charge >= 0.3 is 29.6 Å². The van der Waals surface area contributed by atoms with Gasteiger partial charge in [0.15, 0.2) is 0 Å². The largest absolute Gasteiger partial charge is 1.00 e. The summed E-state index contributed by atoms with van der Waals surface area (Å²) in [6.07, 6.45) is -0.124. The van der Waals surface area contributed by atoms with E-state index < -0.39 is 5.97 Å². The summed E-state index contributed by atoms with van der Waals surface area (Å²) < 4.78 is 0. The van der Waals surface area contributed by atoms with Gasteiger partial charge in [0, 0.05) is 23.5 Å². The number of carbonyl (C=O) groups is 1. The minimum absolute atomic E-state index is 0. The third kappa shape index (κ3) is 2.15. The van der Waals surface area contributed by atoms with E-state index in [1.165, 1.54) is 0 Å². The Bertz CT molecular complexity index is 453. The Balaban J connectivity index is 0.000000980. The van der Waals surface area contributed by atoms with Crippen LogP contribution in [0.15, 0.2) is 24.3 Å². The third-order valence-corrected chi connectivity index (χ3v) is 1.86. The number of carboxylic acid groups (broad SMARTS) is 1. The molecule has 0 saturated heterocycles. The number of benzene rings is 1. The molecule has 0 spiro atoms. The molecule has 0 aliphatic rings. The van der Waals surface area contributed by atoms with Gasteiger partial charge in [-0.15, -0.1) is 0 Å². The maximum Gasteiger partial charge on any atom is 1.00 e. The second kappa shape index (κ2) is 4.59. The number of aliphatic carboxylic acids is 1. The first-order valence-corrected chi connectivity index (χ1v) is 3.89. The van der Waals surface area contributed by atoms with Gasteiger partial charge in [-0.1, -0.05) is 18.2 Å². The predicted molar refractivity (Wildman–Crippen MR) is 44.8 cm³/mol.